The van der Waals surface area contributed by atoms with Gasteiger partial charge in [0.2, 0.25) is 0 Å². The summed E-state index contributed by atoms with van der Waals surface area (Å²) < 4.78 is 17.9. The van der Waals surface area contributed by atoms with Gasteiger partial charge in [-0.1, -0.05) is 45.2 Å². The first-order chi connectivity index (χ1) is 15.8. The third kappa shape index (κ3) is 6.47. The van der Waals surface area contributed by atoms with Crippen molar-refractivity contribution >= 4 is 50.8 Å². The highest BCUT2D eigenvalue weighted by Crippen LogP contribution is 2.36. The van der Waals surface area contributed by atoms with Gasteiger partial charge in [0.1, 0.15) is 12.4 Å². The van der Waals surface area contributed by atoms with E-state index in [1.807, 2.05) is 25.1 Å². The molecule has 3 aromatic carbocycles. The summed E-state index contributed by atoms with van der Waals surface area (Å²) in [6.45, 7) is 2.99. The molecule has 0 bridgehead atoms. The Balaban J connectivity index is 1.81. The monoisotopic (exact) mass is 553 g/mol. The highest BCUT2D eigenvalue weighted by Gasteiger charge is 2.14. The molecular weight excluding hydrogens is 533 g/mol. The summed E-state index contributed by atoms with van der Waals surface area (Å²) in [7, 11) is 1.53. The lowest BCUT2D eigenvalue weighted by molar-refractivity contribution is 0.0697. The fraction of sp³-hybridized carbons (Fsp3) is 0.208. The minimum absolute atomic E-state index is 0.164. The topological polar surface area (TPSA) is 77.0 Å². The molecule has 9 heteroatoms. The second-order valence-corrected chi connectivity index (χ2v) is 8.62. The van der Waals surface area contributed by atoms with Gasteiger partial charge >= 0.3 is 5.97 Å². The molecule has 0 atom stereocenters. The highest BCUT2D eigenvalue weighted by molar-refractivity contribution is 9.10. The van der Waals surface area contributed by atoms with Crippen LogP contribution in [0.5, 0.6) is 17.2 Å². The number of nitrogens with one attached hydrogen (secondary N) is 1. The summed E-state index contributed by atoms with van der Waals surface area (Å²) in [4.78, 5) is 11.3. The third-order valence-electron chi connectivity index (χ3n) is 4.73. The maximum atomic E-state index is 11.3. The van der Waals surface area contributed by atoms with Crippen LogP contribution in [0.2, 0.25) is 10.0 Å². The van der Waals surface area contributed by atoms with Crippen molar-refractivity contribution in [2.75, 3.05) is 19.0 Å². The summed E-state index contributed by atoms with van der Waals surface area (Å²) in [5, 5.41) is 13.6. The van der Waals surface area contributed by atoms with Gasteiger partial charge in [0.25, 0.3) is 0 Å². The van der Waals surface area contributed by atoms with Crippen molar-refractivity contribution in [1.82, 2.24) is 0 Å². The molecule has 0 aliphatic rings. The van der Waals surface area contributed by atoms with Crippen LogP contribution in [0.3, 0.4) is 0 Å². The number of hydrogen-bond donors (Lipinski definition) is 2. The van der Waals surface area contributed by atoms with Crippen LogP contribution in [0.4, 0.5) is 5.69 Å². The Morgan fingerprint density at radius 3 is 2.42 bits per heavy atom. The van der Waals surface area contributed by atoms with Crippen LogP contribution in [-0.2, 0) is 13.2 Å². The maximum Gasteiger partial charge on any atom is 0.335 e. The normalized spacial score (nSPS) is 10.6. The van der Waals surface area contributed by atoms with E-state index in [1.54, 1.807) is 18.2 Å². The minimum atomic E-state index is -1.01. The predicted molar refractivity (Wildman–Crippen MR) is 133 cm³/mol. The summed E-state index contributed by atoms with van der Waals surface area (Å²) in [5.41, 5.74) is 2.42. The number of hydrogen-bond acceptors (Lipinski definition) is 5. The second kappa shape index (κ2) is 11.5. The molecule has 0 saturated heterocycles. The van der Waals surface area contributed by atoms with Crippen LogP contribution in [-0.4, -0.2) is 24.8 Å². The van der Waals surface area contributed by atoms with Gasteiger partial charge in [-0.3, -0.25) is 0 Å². The molecule has 0 amide bonds. The molecule has 0 aliphatic carbocycles. The van der Waals surface area contributed by atoms with E-state index >= 15 is 0 Å². The third-order valence-corrected chi connectivity index (χ3v) is 6.05. The first kappa shape index (κ1) is 25.0. The van der Waals surface area contributed by atoms with Gasteiger partial charge in [0, 0.05) is 26.6 Å². The standard InChI is InChI=1S/C24H22BrCl2NO5/c1-3-32-22-9-16(12-28-20-8-14(24(29)30)5-7-21(20)31-2)18(25)11-23(22)33-13-15-4-6-17(26)10-19(15)27/h4-11,28H,3,12-13H2,1-2H3,(H,29,30). The first-order valence-electron chi connectivity index (χ1n) is 9.99. The molecular formula is C24H22BrCl2NO5. The van der Waals surface area contributed by atoms with Crippen LogP contribution in [0.15, 0.2) is 53.0 Å². The molecule has 0 aromatic heterocycles. The van der Waals surface area contributed by atoms with Crippen molar-refractivity contribution < 1.29 is 24.1 Å². The van der Waals surface area contributed by atoms with Crippen molar-refractivity contribution in [1.29, 1.82) is 0 Å². The average Bonchev–Trinajstić information content (AvgIpc) is 2.78. The number of carbonyl (C=O) groups is 1. The summed E-state index contributed by atoms with van der Waals surface area (Å²) in [5.74, 6) is 0.668. The SMILES string of the molecule is CCOc1cc(CNc2cc(C(=O)O)ccc2OC)c(Br)cc1OCc1ccc(Cl)cc1Cl. The molecule has 6 nitrogen and oxygen atoms in total. The van der Waals surface area contributed by atoms with Gasteiger partial charge in [0.05, 0.1) is 25.0 Å². The van der Waals surface area contributed by atoms with E-state index in [0.717, 1.165) is 15.6 Å². The molecule has 0 unspecified atom stereocenters. The summed E-state index contributed by atoms with van der Waals surface area (Å²) in [6.07, 6.45) is 0. The van der Waals surface area contributed by atoms with Crippen LogP contribution in [0.25, 0.3) is 0 Å². The first-order valence-corrected chi connectivity index (χ1v) is 11.5. The van der Waals surface area contributed by atoms with Gasteiger partial charge in [-0.15, -0.1) is 0 Å². The van der Waals surface area contributed by atoms with E-state index in [1.165, 1.54) is 19.2 Å². The summed E-state index contributed by atoms with van der Waals surface area (Å²) in [6, 6.07) is 13.6. The fourth-order valence-electron chi connectivity index (χ4n) is 3.06. The Hall–Kier alpha value is -2.61. The molecule has 174 valence electrons. The lowest BCUT2D eigenvalue weighted by atomic mass is 10.1. The molecule has 0 fully saturated rings. The quantitative estimate of drug-likeness (QED) is 0.279. The number of carboxylic acids is 1. The average molecular weight is 555 g/mol. The van der Waals surface area contributed by atoms with Gasteiger partial charge in [-0.05, 0) is 55.0 Å². The van der Waals surface area contributed by atoms with E-state index in [2.05, 4.69) is 21.2 Å². The Morgan fingerprint density at radius 1 is 1.00 bits per heavy atom. The smallest absolute Gasteiger partial charge is 0.335 e. The van der Waals surface area contributed by atoms with E-state index in [0.29, 0.717) is 46.1 Å². The number of halogens is 3. The molecule has 33 heavy (non-hydrogen) atoms. The van der Waals surface area contributed by atoms with Crippen molar-refractivity contribution in [2.45, 2.75) is 20.1 Å². The largest absolute Gasteiger partial charge is 0.495 e. The molecule has 0 radical (unpaired) electrons. The van der Waals surface area contributed by atoms with Crippen molar-refractivity contribution in [3.05, 3.63) is 79.7 Å². The van der Waals surface area contributed by atoms with E-state index in [9.17, 15) is 9.90 Å². The number of carboxylic acid groups (broad SMARTS) is 1. The van der Waals surface area contributed by atoms with Crippen LogP contribution >= 0.6 is 39.1 Å². The van der Waals surface area contributed by atoms with E-state index < -0.39 is 5.97 Å². The molecule has 0 saturated carbocycles. The molecule has 0 aliphatic heterocycles. The van der Waals surface area contributed by atoms with E-state index in [-0.39, 0.29) is 12.2 Å². The Kier molecular flexibility index (Phi) is 8.72. The van der Waals surface area contributed by atoms with Crippen LogP contribution < -0.4 is 19.5 Å². The number of rotatable bonds is 10. The minimum Gasteiger partial charge on any atom is -0.495 e. The molecule has 0 heterocycles. The lowest BCUT2D eigenvalue weighted by Crippen LogP contribution is -2.06. The van der Waals surface area contributed by atoms with Gasteiger partial charge in [-0.25, -0.2) is 4.79 Å². The van der Waals surface area contributed by atoms with E-state index in [4.69, 9.17) is 37.4 Å². The number of methoxy groups -OCH3 is 1. The Morgan fingerprint density at radius 2 is 1.76 bits per heavy atom. The zero-order valence-corrected chi connectivity index (χ0v) is 21.1. The lowest BCUT2D eigenvalue weighted by Gasteiger charge is -2.17. The number of benzene rings is 3. The molecule has 2 N–H and O–H groups in total. The molecule has 3 aromatic rings. The van der Waals surface area contributed by atoms with Gasteiger partial charge in [-0.2, -0.15) is 0 Å². The highest BCUT2D eigenvalue weighted by atomic mass is 79.9. The van der Waals surface area contributed by atoms with Crippen LogP contribution in [0.1, 0.15) is 28.4 Å². The zero-order valence-electron chi connectivity index (χ0n) is 18.0. The fourth-order valence-corrected chi connectivity index (χ4v) is 3.98. The molecule has 0 spiro atoms. The number of aromatic carboxylic acids is 1. The Bertz CT molecular complexity index is 1160. The zero-order chi connectivity index (χ0) is 24.0. The van der Waals surface area contributed by atoms with Gasteiger partial charge in [0.15, 0.2) is 11.5 Å². The molecule has 3 rings (SSSR count). The van der Waals surface area contributed by atoms with Crippen molar-refractivity contribution in [2.24, 2.45) is 0 Å². The Labute approximate surface area is 210 Å². The number of ether oxygens (including phenoxy) is 3. The predicted octanol–water partition coefficient (Wildman–Crippen LogP) is 7.05. The second-order valence-electron chi connectivity index (χ2n) is 6.92. The van der Waals surface area contributed by atoms with Crippen molar-refractivity contribution in [3.63, 3.8) is 0 Å². The van der Waals surface area contributed by atoms with Gasteiger partial charge < -0.3 is 24.6 Å². The van der Waals surface area contributed by atoms with Crippen molar-refractivity contribution in [3.8, 4) is 17.2 Å². The van der Waals surface area contributed by atoms with Crippen LogP contribution in [0, 0.1) is 0 Å². The maximum absolute atomic E-state index is 11.3. The number of anilines is 1. The summed E-state index contributed by atoms with van der Waals surface area (Å²) >= 11 is 15.8.